The quantitative estimate of drug-likeness (QED) is 0.0208. The second kappa shape index (κ2) is 33.7. The van der Waals surface area contributed by atoms with E-state index in [9.17, 15) is 28.5 Å². The average Bonchev–Trinajstić information content (AvgIpc) is 3.14. The molecule has 13 heteroatoms. The van der Waals surface area contributed by atoms with Gasteiger partial charge in [-0.05, 0) is 57.8 Å². The van der Waals surface area contributed by atoms with Gasteiger partial charge in [0, 0.05) is 13.0 Å². The Hall–Kier alpha value is -1.42. The molecule has 0 aliphatic carbocycles. The van der Waals surface area contributed by atoms with E-state index in [1.165, 1.54) is 70.6 Å². The summed E-state index contributed by atoms with van der Waals surface area (Å²) in [4.78, 5) is 12.7. The molecule has 6 unspecified atom stereocenters. The molecule has 0 spiro atoms. The molecule has 1 saturated heterocycles. The molecular weight excluding hydrogens is 717 g/mol. The highest BCUT2D eigenvalue weighted by Gasteiger charge is 2.48. The third-order valence-electron chi connectivity index (χ3n) is 9.53. The highest BCUT2D eigenvalue weighted by Crippen LogP contribution is 2.26. The van der Waals surface area contributed by atoms with Gasteiger partial charge in [0.2, 0.25) is 0 Å². The molecule has 1 aliphatic heterocycles. The second-order valence-corrected chi connectivity index (χ2v) is 15.6. The number of unbranched alkanes of at least 4 members (excludes halogenated alkanes) is 19. The Balaban J connectivity index is 2.44. The number of allylic oxidation sites excluding steroid dienone is 4. The van der Waals surface area contributed by atoms with Crippen molar-refractivity contribution in [3.05, 3.63) is 24.3 Å². The molecule has 0 bridgehead atoms. The Labute approximate surface area is 327 Å². The van der Waals surface area contributed by atoms with Crippen molar-refractivity contribution in [2.75, 3.05) is 26.4 Å². The van der Waals surface area contributed by atoms with E-state index in [1.807, 2.05) is 0 Å². The van der Waals surface area contributed by atoms with Crippen LogP contribution in [0.3, 0.4) is 0 Å². The van der Waals surface area contributed by atoms with Gasteiger partial charge in [0.15, 0.2) is 6.29 Å². The number of aliphatic hydroxyl groups is 3. The van der Waals surface area contributed by atoms with Crippen molar-refractivity contribution >= 4 is 16.4 Å². The van der Waals surface area contributed by atoms with E-state index in [1.54, 1.807) is 0 Å². The van der Waals surface area contributed by atoms with Gasteiger partial charge in [0.05, 0.1) is 19.8 Å². The van der Waals surface area contributed by atoms with E-state index in [0.717, 1.165) is 70.6 Å². The van der Waals surface area contributed by atoms with Gasteiger partial charge >= 0.3 is 16.4 Å². The number of carbonyl (C=O) groups is 1. The van der Waals surface area contributed by atoms with Crippen LogP contribution in [0.1, 0.15) is 168 Å². The summed E-state index contributed by atoms with van der Waals surface area (Å²) >= 11 is 0. The van der Waals surface area contributed by atoms with Gasteiger partial charge < -0.3 is 34.3 Å². The number of carbonyl (C=O) groups excluding carboxylic acids is 1. The zero-order valence-electron chi connectivity index (χ0n) is 33.5. The number of hydrogen-bond acceptors (Lipinski definition) is 11. The topological polar surface area (TPSA) is 178 Å². The summed E-state index contributed by atoms with van der Waals surface area (Å²) in [5, 5.41) is 30.6. The maximum atomic E-state index is 12.7. The highest BCUT2D eigenvalue weighted by atomic mass is 32.3. The number of rotatable bonds is 36. The normalized spacial score (nSPS) is 21.3. The van der Waals surface area contributed by atoms with Gasteiger partial charge in [-0.25, -0.2) is 4.18 Å². The molecule has 0 amide bonds. The minimum absolute atomic E-state index is 0.0301. The van der Waals surface area contributed by atoms with Crippen molar-refractivity contribution < 1.29 is 56.2 Å². The SMILES string of the molecule is CCC/C=C\CCCCCCCC(=O)OC(COCCCCCCCC/C=C\CCCCCCCCC)COC1OC(CO)C(O)C(OS(=O)(=O)O)C1O. The van der Waals surface area contributed by atoms with E-state index in [4.69, 9.17) is 23.5 Å². The number of aliphatic hydroxyl groups excluding tert-OH is 3. The van der Waals surface area contributed by atoms with E-state index in [0.29, 0.717) is 13.0 Å². The highest BCUT2D eigenvalue weighted by molar-refractivity contribution is 7.80. The lowest BCUT2D eigenvalue weighted by Crippen LogP contribution is -2.60. The Bertz CT molecular complexity index is 1050. The minimum Gasteiger partial charge on any atom is -0.457 e. The first-order valence-corrected chi connectivity index (χ1v) is 22.5. The Morgan fingerprint density at radius 3 is 1.74 bits per heavy atom. The van der Waals surface area contributed by atoms with Crippen LogP contribution in [-0.4, -0.2) is 97.5 Å². The predicted molar refractivity (Wildman–Crippen MR) is 211 cm³/mol. The van der Waals surface area contributed by atoms with Crippen molar-refractivity contribution in [2.24, 2.45) is 0 Å². The largest absolute Gasteiger partial charge is 0.457 e. The summed E-state index contributed by atoms with van der Waals surface area (Å²) in [5.74, 6) is -0.413. The molecule has 0 saturated carbocycles. The van der Waals surface area contributed by atoms with Gasteiger partial charge in [-0.1, -0.05) is 128 Å². The molecule has 4 N–H and O–H groups in total. The van der Waals surface area contributed by atoms with Crippen molar-refractivity contribution in [3.63, 3.8) is 0 Å². The summed E-state index contributed by atoms with van der Waals surface area (Å²) in [6.07, 6.45) is 26.5. The number of ether oxygens (including phenoxy) is 4. The van der Waals surface area contributed by atoms with Gasteiger partial charge in [-0.3, -0.25) is 9.35 Å². The van der Waals surface area contributed by atoms with Crippen LogP contribution in [-0.2, 0) is 38.3 Å². The molecule has 318 valence electrons. The standard InChI is InChI=1S/C41H76O12S/c1-3-5-7-9-11-13-15-16-17-18-19-20-21-23-25-27-29-31-49-33-35(51-37(43)30-28-26-24-22-14-12-10-8-6-4-2)34-50-41-39(45)40(53-54(46,47)48)38(44)36(32-42)52-41/h8,10,17-18,35-36,38-42,44-45H,3-7,9,11-16,19-34H2,1-2H3,(H,46,47,48)/b10-8-,18-17-. The fraction of sp³-hybridized carbons (Fsp3) is 0.878. The van der Waals surface area contributed by atoms with Crippen LogP contribution in [0.25, 0.3) is 0 Å². The van der Waals surface area contributed by atoms with Crippen LogP contribution in [0.4, 0.5) is 0 Å². The third-order valence-corrected chi connectivity index (χ3v) is 9.99. The van der Waals surface area contributed by atoms with Gasteiger partial charge in [-0.2, -0.15) is 8.42 Å². The first-order valence-electron chi connectivity index (χ1n) is 21.1. The smallest absolute Gasteiger partial charge is 0.397 e. The van der Waals surface area contributed by atoms with Gasteiger partial charge in [0.1, 0.15) is 30.5 Å². The van der Waals surface area contributed by atoms with E-state index in [-0.39, 0.29) is 19.6 Å². The fourth-order valence-corrected chi connectivity index (χ4v) is 6.82. The van der Waals surface area contributed by atoms with Gasteiger partial charge in [0.25, 0.3) is 0 Å². The van der Waals surface area contributed by atoms with E-state index < -0.39 is 59.8 Å². The molecule has 54 heavy (non-hydrogen) atoms. The van der Waals surface area contributed by atoms with Crippen molar-refractivity contribution in [1.82, 2.24) is 0 Å². The molecule has 6 atom stereocenters. The van der Waals surface area contributed by atoms with Crippen LogP contribution in [0, 0.1) is 0 Å². The van der Waals surface area contributed by atoms with Crippen molar-refractivity contribution in [2.45, 2.75) is 205 Å². The summed E-state index contributed by atoms with van der Waals surface area (Å²) < 4.78 is 58.8. The van der Waals surface area contributed by atoms with E-state index >= 15 is 0 Å². The molecular formula is C41H76O12S. The number of esters is 1. The molecule has 0 aromatic rings. The lowest BCUT2D eigenvalue weighted by atomic mass is 9.99. The minimum atomic E-state index is -5.06. The summed E-state index contributed by atoms with van der Waals surface area (Å²) in [5.41, 5.74) is 0. The third kappa shape index (κ3) is 27.2. The lowest BCUT2D eigenvalue weighted by molar-refractivity contribution is -0.301. The van der Waals surface area contributed by atoms with Gasteiger partial charge in [-0.15, -0.1) is 0 Å². The lowest BCUT2D eigenvalue weighted by Gasteiger charge is -2.41. The zero-order chi connectivity index (χ0) is 39.7. The molecule has 1 heterocycles. The summed E-state index contributed by atoms with van der Waals surface area (Å²) in [6.45, 7) is 3.89. The first kappa shape index (κ1) is 50.6. The first-order chi connectivity index (χ1) is 26.1. The Kier molecular flexibility index (Phi) is 31.6. The van der Waals surface area contributed by atoms with Crippen molar-refractivity contribution in [1.29, 1.82) is 0 Å². The maximum absolute atomic E-state index is 12.7. The fourth-order valence-electron chi connectivity index (χ4n) is 6.32. The molecule has 0 aromatic carbocycles. The summed E-state index contributed by atoms with van der Waals surface area (Å²) in [6, 6.07) is 0. The summed E-state index contributed by atoms with van der Waals surface area (Å²) in [7, 11) is -5.06. The van der Waals surface area contributed by atoms with Crippen molar-refractivity contribution in [3.8, 4) is 0 Å². The Morgan fingerprint density at radius 1 is 0.685 bits per heavy atom. The molecule has 12 nitrogen and oxygen atoms in total. The van der Waals surface area contributed by atoms with Crippen LogP contribution in [0.2, 0.25) is 0 Å². The Morgan fingerprint density at radius 2 is 1.20 bits per heavy atom. The number of hydrogen-bond donors (Lipinski definition) is 4. The zero-order valence-corrected chi connectivity index (χ0v) is 34.4. The molecule has 1 fully saturated rings. The van der Waals surface area contributed by atoms with Crippen LogP contribution in [0.5, 0.6) is 0 Å². The van der Waals surface area contributed by atoms with Crippen LogP contribution in [0.15, 0.2) is 24.3 Å². The predicted octanol–water partition coefficient (Wildman–Crippen LogP) is 8.07. The molecule has 1 aliphatic rings. The average molecular weight is 793 g/mol. The second-order valence-electron chi connectivity index (χ2n) is 14.6. The van der Waals surface area contributed by atoms with E-state index in [2.05, 4.69) is 42.3 Å². The monoisotopic (exact) mass is 793 g/mol. The molecule has 1 rings (SSSR count). The van der Waals surface area contributed by atoms with Crippen LogP contribution >= 0.6 is 0 Å². The molecule has 0 radical (unpaired) electrons. The van der Waals surface area contributed by atoms with Crippen LogP contribution < -0.4 is 0 Å². The maximum Gasteiger partial charge on any atom is 0.397 e. The molecule has 0 aromatic heterocycles.